The van der Waals surface area contributed by atoms with Gasteiger partial charge >= 0.3 is 0 Å². The highest BCUT2D eigenvalue weighted by molar-refractivity contribution is 5.92. The van der Waals surface area contributed by atoms with Gasteiger partial charge in [0.05, 0.1) is 5.56 Å². The number of piperidine rings is 1. The summed E-state index contributed by atoms with van der Waals surface area (Å²) in [4.78, 5) is 32.2. The molecule has 3 aromatic rings. The van der Waals surface area contributed by atoms with Crippen molar-refractivity contribution < 1.29 is 14.4 Å². The van der Waals surface area contributed by atoms with Crippen molar-refractivity contribution in [2.45, 2.75) is 57.8 Å². The van der Waals surface area contributed by atoms with Gasteiger partial charge in [0.25, 0.3) is 5.91 Å². The van der Waals surface area contributed by atoms with Gasteiger partial charge in [-0.1, -0.05) is 18.2 Å². The largest absolute Gasteiger partial charge is 0.358 e. The molecule has 9 heteroatoms. The summed E-state index contributed by atoms with van der Waals surface area (Å²) in [5.41, 5.74) is 6.69. The van der Waals surface area contributed by atoms with Crippen LogP contribution >= 0.6 is 0 Å². The first-order valence-corrected chi connectivity index (χ1v) is 12.6. The number of para-hydroxylation sites is 1. The number of aromatic nitrogens is 3. The molecule has 1 unspecified atom stereocenters. The summed E-state index contributed by atoms with van der Waals surface area (Å²) in [6.45, 7) is 5.55. The van der Waals surface area contributed by atoms with Crippen LogP contribution in [0.1, 0.15) is 53.7 Å². The minimum atomic E-state index is -0.380. The van der Waals surface area contributed by atoms with E-state index in [0.29, 0.717) is 24.2 Å². The van der Waals surface area contributed by atoms with E-state index in [2.05, 4.69) is 61.8 Å². The molecule has 1 aromatic carbocycles. The van der Waals surface area contributed by atoms with Gasteiger partial charge in [-0.05, 0) is 57.2 Å². The number of benzene rings is 1. The molecule has 4 heterocycles. The van der Waals surface area contributed by atoms with E-state index in [-0.39, 0.29) is 12.2 Å². The number of hydrogen-bond acceptors (Lipinski definition) is 7. The molecule has 0 radical (unpaired) electrons. The van der Waals surface area contributed by atoms with Gasteiger partial charge in [-0.15, -0.1) is 0 Å². The Hall–Kier alpha value is -3.01. The fraction of sp³-hybridized carbons (Fsp3) is 0.500. The Morgan fingerprint density at radius 1 is 1.17 bits per heavy atom. The molecule has 1 atom stereocenters. The van der Waals surface area contributed by atoms with Crippen molar-refractivity contribution in [3.8, 4) is 0 Å². The van der Waals surface area contributed by atoms with E-state index in [0.717, 1.165) is 58.2 Å². The molecule has 5 rings (SSSR count). The predicted molar refractivity (Wildman–Crippen MR) is 134 cm³/mol. The van der Waals surface area contributed by atoms with Crippen LogP contribution in [0, 0.1) is 6.92 Å². The van der Waals surface area contributed by atoms with Gasteiger partial charge in [-0.25, -0.2) is 20.3 Å². The number of nitrogens with zero attached hydrogens (tertiary/aromatic N) is 3. The number of H-pyrrole nitrogens is 1. The molecular weight excluding hydrogens is 444 g/mol. The van der Waals surface area contributed by atoms with Crippen molar-refractivity contribution in [2.24, 2.45) is 0 Å². The fourth-order valence-electron chi connectivity index (χ4n) is 4.93. The zero-order valence-corrected chi connectivity index (χ0v) is 20.3. The van der Waals surface area contributed by atoms with Gasteiger partial charge < -0.3 is 19.9 Å². The predicted octanol–water partition coefficient (Wildman–Crippen LogP) is 3.26. The Morgan fingerprint density at radius 3 is 2.74 bits per heavy atom. The molecule has 1 amide bonds. The van der Waals surface area contributed by atoms with Crippen LogP contribution in [0.5, 0.6) is 0 Å². The highest BCUT2D eigenvalue weighted by atomic mass is 16.8. The zero-order valence-electron chi connectivity index (χ0n) is 20.3. The molecule has 2 aliphatic heterocycles. The van der Waals surface area contributed by atoms with Crippen molar-refractivity contribution in [1.82, 2.24) is 25.7 Å². The second-order valence-electron chi connectivity index (χ2n) is 9.36. The third-order valence-corrected chi connectivity index (χ3v) is 6.93. The lowest BCUT2D eigenvalue weighted by molar-refractivity contribution is -0.186. The normalized spacial score (nSPS) is 19.2. The van der Waals surface area contributed by atoms with E-state index in [1.807, 2.05) is 0 Å². The number of nitrogens with one attached hydrogen (secondary N) is 3. The van der Waals surface area contributed by atoms with Crippen LogP contribution in [-0.2, 0) is 16.0 Å². The van der Waals surface area contributed by atoms with Crippen molar-refractivity contribution >= 4 is 22.8 Å². The van der Waals surface area contributed by atoms with E-state index in [4.69, 9.17) is 9.57 Å². The summed E-state index contributed by atoms with van der Waals surface area (Å²) >= 11 is 0. The van der Waals surface area contributed by atoms with E-state index >= 15 is 0 Å². The number of carbonyl (C=O) groups excluding carboxylic acids is 1. The minimum absolute atomic E-state index is 0.362. The lowest BCUT2D eigenvalue weighted by Gasteiger charge is -2.32. The highest BCUT2D eigenvalue weighted by Gasteiger charge is 2.22. The lowest BCUT2D eigenvalue weighted by atomic mass is 10.0. The monoisotopic (exact) mass is 478 g/mol. The Labute approximate surface area is 205 Å². The number of carbonyl (C=O) groups is 1. The van der Waals surface area contributed by atoms with E-state index in [1.165, 1.54) is 22.2 Å². The van der Waals surface area contributed by atoms with Crippen molar-refractivity contribution in [2.75, 3.05) is 31.1 Å². The molecule has 186 valence electrons. The number of rotatable bonds is 8. The Morgan fingerprint density at radius 2 is 1.97 bits per heavy atom. The first kappa shape index (κ1) is 23.7. The second kappa shape index (κ2) is 11.2. The number of ether oxygens (including phenoxy) is 1. The molecule has 35 heavy (non-hydrogen) atoms. The molecule has 0 bridgehead atoms. The van der Waals surface area contributed by atoms with Crippen molar-refractivity contribution in [3.63, 3.8) is 0 Å². The molecule has 0 saturated carbocycles. The van der Waals surface area contributed by atoms with Crippen LogP contribution in [0.4, 0.5) is 5.95 Å². The molecule has 2 aliphatic rings. The van der Waals surface area contributed by atoms with Gasteiger partial charge in [0.1, 0.15) is 0 Å². The van der Waals surface area contributed by atoms with Crippen molar-refractivity contribution in [1.29, 1.82) is 0 Å². The smallest absolute Gasteiger partial charge is 0.278 e. The van der Waals surface area contributed by atoms with Gasteiger partial charge in [-0.2, -0.15) is 0 Å². The summed E-state index contributed by atoms with van der Waals surface area (Å²) in [5.74, 6) is 0.296. The van der Waals surface area contributed by atoms with Crippen LogP contribution in [-0.4, -0.2) is 59.4 Å². The summed E-state index contributed by atoms with van der Waals surface area (Å²) in [6.07, 6.45) is 8.65. The number of hydrogen-bond donors (Lipinski definition) is 3. The van der Waals surface area contributed by atoms with Gasteiger partial charge in [0.2, 0.25) is 5.95 Å². The molecule has 0 spiro atoms. The Kier molecular flexibility index (Phi) is 7.56. The number of aryl methyl sites for hydroxylation is 1. The first-order valence-electron chi connectivity index (χ1n) is 12.6. The molecule has 2 aromatic heterocycles. The Balaban J connectivity index is 1.05. The Bertz CT molecular complexity index is 1120. The lowest BCUT2D eigenvalue weighted by Crippen LogP contribution is -2.43. The molecule has 0 aliphatic carbocycles. The first-order chi connectivity index (χ1) is 17.2. The van der Waals surface area contributed by atoms with Crippen LogP contribution in [0.15, 0.2) is 36.7 Å². The maximum absolute atomic E-state index is 12.3. The number of amides is 1. The maximum Gasteiger partial charge on any atom is 0.278 e. The number of hydroxylamine groups is 1. The molecule has 2 fully saturated rings. The topological polar surface area (TPSA) is 104 Å². The molecule has 3 N–H and O–H groups in total. The van der Waals surface area contributed by atoms with Gasteiger partial charge in [0.15, 0.2) is 6.29 Å². The zero-order chi connectivity index (χ0) is 24.0. The summed E-state index contributed by atoms with van der Waals surface area (Å²) in [5, 5.41) is 5.05. The third kappa shape index (κ3) is 5.80. The van der Waals surface area contributed by atoms with Gasteiger partial charge in [0, 0.05) is 61.1 Å². The number of anilines is 1. The number of fused-ring (bicyclic) bond motifs is 1. The summed E-state index contributed by atoms with van der Waals surface area (Å²) < 4.78 is 5.46. The maximum atomic E-state index is 12.3. The van der Waals surface area contributed by atoms with Crippen molar-refractivity contribution in [3.05, 3.63) is 53.5 Å². The summed E-state index contributed by atoms with van der Waals surface area (Å²) in [6, 6.07) is 8.99. The van der Waals surface area contributed by atoms with Crippen LogP contribution < -0.4 is 15.7 Å². The second-order valence-corrected chi connectivity index (χ2v) is 9.36. The van der Waals surface area contributed by atoms with Crippen LogP contribution in [0.25, 0.3) is 10.9 Å². The minimum Gasteiger partial charge on any atom is -0.358 e. The molecular formula is C26H34N6O3. The van der Waals surface area contributed by atoms with E-state index in [1.54, 1.807) is 12.4 Å². The quantitative estimate of drug-likeness (QED) is 0.427. The highest BCUT2D eigenvalue weighted by Crippen LogP contribution is 2.22. The van der Waals surface area contributed by atoms with E-state index in [9.17, 15) is 4.79 Å². The average molecular weight is 479 g/mol. The van der Waals surface area contributed by atoms with E-state index < -0.39 is 0 Å². The molecule has 9 nitrogen and oxygen atoms in total. The van der Waals surface area contributed by atoms with Gasteiger partial charge in [-0.3, -0.25) is 4.79 Å². The molecule has 2 saturated heterocycles. The SMILES string of the molecule is Cc1[nH]c2ccccc2c1CCNC1CCN(c2ncc(C(=O)NOC3CCCCO3)cn2)CC1. The summed E-state index contributed by atoms with van der Waals surface area (Å²) in [7, 11) is 0. The van der Waals surface area contributed by atoms with Crippen LogP contribution in [0.3, 0.4) is 0 Å². The number of aromatic amines is 1. The standard InChI is InChI=1S/C26H34N6O3/c1-18-21(22-6-2-3-7-23(22)30-18)9-12-27-20-10-13-32(14-11-20)26-28-16-19(17-29-26)25(33)31-35-24-8-4-5-15-34-24/h2-3,6-7,16-17,20,24,27,30H,4-5,8-15H2,1H3,(H,31,33). The average Bonchev–Trinajstić information content (AvgIpc) is 3.23. The van der Waals surface area contributed by atoms with Crippen LogP contribution in [0.2, 0.25) is 0 Å². The third-order valence-electron chi connectivity index (χ3n) is 6.93. The fourth-order valence-corrected chi connectivity index (χ4v) is 4.93.